The number of carbonyl (C=O) groups is 1. The summed E-state index contributed by atoms with van der Waals surface area (Å²) in [5.41, 5.74) is 0.754. The molecule has 2 aliphatic rings. The number of rotatable bonds is 17. The van der Waals surface area contributed by atoms with Crippen molar-refractivity contribution >= 4 is 21.6 Å². The minimum Gasteiger partial charge on any atom is -0.495 e. The fourth-order valence-corrected chi connectivity index (χ4v) is 6.36. The van der Waals surface area contributed by atoms with Crippen LogP contribution in [0, 0.1) is 0 Å². The Balaban J connectivity index is 1.44. The van der Waals surface area contributed by atoms with Crippen molar-refractivity contribution in [2.45, 2.75) is 76.0 Å². The molecule has 0 spiro atoms. The Morgan fingerprint density at radius 1 is 0.923 bits per heavy atom. The molecule has 10 heteroatoms. The van der Waals surface area contributed by atoms with Crippen molar-refractivity contribution in [3.63, 3.8) is 0 Å². The second-order valence-corrected chi connectivity index (χ2v) is 12.4. The number of carbonyl (C=O) groups excluding carboxylic acids is 1. The standard InChI is InChI=1S/C29H50N4O5S/c1-3-4-5-6-7-8-9-10-12-29(34)33-19-17-32(18-20-33)27-25-26(13-14-28(27)37-2)39(35,36)30-15-11-16-31-21-23-38-24-22-31/h13-14,25,30H,3-12,15-24H2,1-2H3. The van der Waals surface area contributed by atoms with Crippen LogP contribution in [0.25, 0.3) is 0 Å². The molecule has 1 N–H and O–H groups in total. The first-order chi connectivity index (χ1) is 18.9. The molecule has 2 saturated heterocycles. The summed E-state index contributed by atoms with van der Waals surface area (Å²) >= 11 is 0. The molecule has 3 rings (SSSR count). The van der Waals surface area contributed by atoms with Crippen LogP contribution in [0.2, 0.25) is 0 Å². The normalized spacial score (nSPS) is 17.0. The number of unbranched alkanes of at least 4 members (excludes halogenated alkanes) is 7. The van der Waals surface area contributed by atoms with Crippen LogP contribution in [-0.2, 0) is 19.6 Å². The van der Waals surface area contributed by atoms with Crippen molar-refractivity contribution in [1.82, 2.24) is 14.5 Å². The molecule has 2 fully saturated rings. The number of hydrogen-bond donors (Lipinski definition) is 1. The fraction of sp³-hybridized carbons (Fsp3) is 0.759. The third-order valence-corrected chi connectivity index (χ3v) is 9.18. The van der Waals surface area contributed by atoms with Crippen molar-refractivity contribution in [3.8, 4) is 5.75 Å². The van der Waals surface area contributed by atoms with E-state index in [0.29, 0.717) is 44.9 Å². The van der Waals surface area contributed by atoms with Crippen molar-refractivity contribution in [2.24, 2.45) is 0 Å². The van der Waals surface area contributed by atoms with Gasteiger partial charge in [-0.2, -0.15) is 0 Å². The summed E-state index contributed by atoms with van der Waals surface area (Å²) in [6.07, 6.45) is 11.2. The maximum Gasteiger partial charge on any atom is 0.240 e. The summed E-state index contributed by atoms with van der Waals surface area (Å²) in [5.74, 6) is 0.866. The monoisotopic (exact) mass is 566 g/mol. The number of sulfonamides is 1. The molecule has 0 bridgehead atoms. The summed E-state index contributed by atoms with van der Waals surface area (Å²) in [6.45, 7) is 9.31. The molecule has 2 aliphatic heterocycles. The Labute approximate surface area is 236 Å². The van der Waals surface area contributed by atoms with Crippen LogP contribution in [0.5, 0.6) is 5.75 Å². The third-order valence-electron chi connectivity index (χ3n) is 7.72. The molecule has 9 nitrogen and oxygen atoms in total. The number of piperazine rings is 1. The molecule has 0 aliphatic carbocycles. The highest BCUT2D eigenvalue weighted by molar-refractivity contribution is 7.89. The van der Waals surface area contributed by atoms with Crippen LogP contribution in [0.4, 0.5) is 5.69 Å². The van der Waals surface area contributed by atoms with E-state index in [0.717, 1.165) is 57.8 Å². The first-order valence-corrected chi connectivity index (χ1v) is 16.4. The lowest BCUT2D eigenvalue weighted by Gasteiger charge is -2.37. The second kappa shape index (κ2) is 17.0. The second-order valence-electron chi connectivity index (χ2n) is 10.6. The highest BCUT2D eigenvalue weighted by Crippen LogP contribution is 2.32. The lowest BCUT2D eigenvalue weighted by atomic mass is 10.1. The molecule has 0 saturated carbocycles. The van der Waals surface area contributed by atoms with Gasteiger partial charge in [-0.3, -0.25) is 9.69 Å². The number of ether oxygens (including phenoxy) is 2. The Kier molecular flexibility index (Phi) is 13.8. The van der Waals surface area contributed by atoms with Gasteiger partial charge in [0.1, 0.15) is 5.75 Å². The van der Waals surface area contributed by atoms with Crippen molar-refractivity contribution in [2.75, 3.05) is 77.6 Å². The molecular formula is C29H50N4O5S. The van der Waals surface area contributed by atoms with E-state index < -0.39 is 10.0 Å². The molecule has 0 unspecified atom stereocenters. The number of anilines is 1. The first kappa shape index (κ1) is 31.6. The third kappa shape index (κ3) is 10.6. The maximum absolute atomic E-state index is 13.0. The van der Waals surface area contributed by atoms with Crippen LogP contribution in [-0.4, -0.2) is 96.8 Å². The first-order valence-electron chi connectivity index (χ1n) is 14.9. The largest absolute Gasteiger partial charge is 0.495 e. The van der Waals surface area contributed by atoms with E-state index in [1.54, 1.807) is 25.3 Å². The molecule has 1 aromatic carbocycles. The Morgan fingerprint density at radius 3 is 2.26 bits per heavy atom. The van der Waals surface area contributed by atoms with Crippen molar-refractivity contribution < 1.29 is 22.7 Å². The van der Waals surface area contributed by atoms with E-state index in [4.69, 9.17) is 9.47 Å². The molecule has 0 aromatic heterocycles. The zero-order valence-corrected chi connectivity index (χ0v) is 25.0. The van der Waals surface area contributed by atoms with E-state index in [2.05, 4.69) is 21.4 Å². The lowest BCUT2D eigenvalue weighted by molar-refractivity contribution is -0.131. The number of benzene rings is 1. The average Bonchev–Trinajstić information content (AvgIpc) is 2.97. The summed E-state index contributed by atoms with van der Waals surface area (Å²) in [6, 6.07) is 5.01. The van der Waals surface area contributed by atoms with E-state index in [1.807, 2.05) is 4.90 Å². The van der Waals surface area contributed by atoms with E-state index in [1.165, 1.54) is 38.5 Å². The topological polar surface area (TPSA) is 91.4 Å². The van der Waals surface area contributed by atoms with Gasteiger partial charge in [-0.25, -0.2) is 13.1 Å². The van der Waals surface area contributed by atoms with Gasteiger partial charge in [0.15, 0.2) is 0 Å². The van der Waals surface area contributed by atoms with Crippen LogP contribution in [0.3, 0.4) is 0 Å². The van der Waals surface area contributed by atoms with Crippen LogP contribution < -0.4 is 14.4 Å². The average molecular weight is 567 g/mol. The van der Waals surface area contributed by atoms with Gasteiger partial charge in [-0.15, -0.1) is 0 Å². The van der Waals surface area contributed by atoms with Gasteiger partial charge in [-0.05, 0) is 37.6 Å². The lowest BCUT2D eigenvalue weighted by Crippen LogP contribution is -2.48. The minimum atomic E-state index is -3.64. The number of hydrogen-bond acceptors (Lipinski definition) is 7. The van der Waals surface area contributed by atoms with Gasteiger partial charge in [0, 0.05) is 52.2 Å². The zero-order valence-electron chi connectivity index (χ0n) is 24.2. The highest BCUT2D eigenvalue weighted by atomic mass is 32.2. The molecule has 0 atom stereocenters. The van der Waals surface area contributed by atoms with Crippen LogP contribution in [0.15, 0.2) is 23.1 Å². The number of nitrogens with zero attached hydrogens (tertiary/aromatic N) is 3. The molecule has 0 radical (unpaired) electrons. The van der Waals surface area contributed by atoms with Gasteiger partial charge in [0.25, 0.3) is 0 Å². The fourth-order valence-electron chi connectivity index (χ4n) is 5.27. The van der Waals surface area contributed by atoms with E-state index in [-0.39, 0.29) is 10.8 Å². The molecule has 222 valence electrons. The minimum absolute atomic E-state index is 0.227. The summed E-state index contributed by atoms with van der Waals surface area (Å²) in [4.78, 5) is 19.3. The predicted molar refractivity (Wildman–Crippen MR) is 156 cm³/mol. The van der Waals surface area contributed by atoms with Gasteiger partial charge in [-0.1, -0.05) is 51.9 Å². The summed E-state index contributed by atoms with van der Waals surface area (Å²) < 4.78 is 39.7. The Bertz CT molecular complexity index is 960. The molecule has 39 heavy (non-hydrogen) atoms. The maximum atomic E-state index is 13.0. The number of methoxy groups -OCH3 is 1. The van der Waals surface area contributed by atoms with Gasteiger partial charge in [0.2, 0.25) is 15.9 Å². The summed E-state index contributed by atoms with van der Waals surface area (Å²) in [7, 11) is -2.04. The summed E-state index contributed by atoms with van der Waals surface area (Å²) in [5, 5.41) is 0. The van der Waals surface area contributed by atoms with Crippen molar-refractivity contribution in [1.29, 1.82) is 0 Å². The van der Waals surface area contributed by atoms with Gasteiger partial charge in [0.05, 0.1) is 30.9 Å². The SMILES string of the molecule is CCCCCCCCCCC(=O)N1CCN(c2cc(S(=O)(=O)NCCCN3CCOCC3)ccc2OC)CC1. The number of amides is 1. The molecule has 2 heterocycles. The van der Waals surface area contributed by atoms with E-state index >= 15 is 0 Å². The number of morpholine rings is 1. The number of nitrogens with one attached hydrogen (secondary N) is 1. The molecular weight excluding hydrogens is 516 g/mol. The molecule has 1 amide bonds. The van der Waals surface area contributed by atoms with E-state index in [9.17, 15) is 13.2 Å². The smallest absolute Gasteiger partial charge is 0.240 e. The Hall–Kier alpha value is -1.88. The Morgan fingerprint density at radius 2 is 1.59 bits per heavy atom. The highest BCUT2D eigenvalue weighted by Gasteiger charge is 2.25. The van der Waals surface area contributed by atoms with Crippen LogP contribution >= 0.6 is 0 Å². The zero-order chi connectivity index (χ0) is 27.9. The van der Waals surface area contributed by atoms with Gasteiger partial charge >= 0.3 is 0 Å². The van der Waals surface area contributed by atoms with Crippen molar-refractivity contribution in [3.05, 3.63) is 18.2 Å². The van der Waals surface area contributed by atoms with Crippen LogP contribution in [0.1, 0.15) is 71.1 Å². The predicted octanol–water partition coefficient (Wildman–Crippen LogP) is 3.88. The quantitative estimate of drug-likeness (QED) is 0.286. The van der Waals surface area contributed by atoms with Gasteiger partial charge < -0.3 is 19.3 Å². The molecule has 1 aromatic rings.